The summed E-state index contributed by atoms with van der Waals surface area (Å²) < 4.78 is 5.99. The van der Waals surface area contributed by atoms with Crippen LogP contribution < -0.4 is 10.1 Å². The molecule has 0 radical (unpaired) electrons. The molecule has 36 heavy (non-hydrogen) atoms. The maximum absolute atomic E-state index is 13.7. The van der Waals surface area contributed by atoms with Crippen LogP contribution in [0.5, 0.6) is 5.75 Å². The number of ether oxygens (including phenoxy) is 1. The van der Waals surface area contributed by atoms with E-state index in [2.05, 4.69) is 5.32 Å². The Balaban J connectivity index is 1.94. The molecule has 0 saturated carbocycles. The Morgan fingerprint density at radius 3 is 2.31 bits per heavy atom. The number of nitrogens with zero attached hydrogens (tertiary/aromatic N) is 1. The lowest BCUT2D eigenvalue weighted by molar-refractivity contribution is -0.143. The molecule has 0 aliphatic rings. The van der Waals surface area contributed by atoms with Crippen molar-refractivity contribution in [2.24, 2.45) is 0 Å². The Bertz CT molecular complexity index is 1160. The van der Waals surface area contributed by atoms with Gasteiger partial charge in [-0.05, 0) is 68.0 Å². The number of hydrogen-bond donors (Lipinski definition) is 1. The molecule has 0 fully saturated rings. The van der Waals surface area contributed by atoms with E-state index in [9.17, 15) is 9.59 Å². The predicted octanol–water partition coefficient (Wildman–Crippen LogP) is 5.55. The quantitative estimate of drug-likeness (QED) is 0.387. The summed E-state index contributed by atoms with van der Waals surface area (Å²) in [4.78, 5) is 29.0. The minimum absolute atomic E-state index is 0.0115. The second-order valence-corrected chi connectivity index (χ2v) is 9.53. The van der Waals surface area contributed by atoms with Crippen LogP contribution in [-0.2, 0) is 22.6 Å². The zero-order valence-corrected chi connectivity index (χ0v) is 22.1. The van der Waals surface area contributed by atoms with Gasteiger partial charge in [0, 0.05) is 19.0 Å². The number of aryl methyl sites for hydroxylation is 3. The molecule has 0 spiro atoms. The fraction of sp³-hybridized carbons (Fsp3) is 0.355. The van der Waals surface area contributed by atoms with Gasteiger partial charge in [0.15, 0.2) is 6.61 Å². The van der Waals surface area contributed by atoms with Crippen LogP contribution in [0, 0.1) is 20.8 Å². The third kappa shape index (κ3) is 7.45. The highest BCUT2D eigenvalue weighted by Crippen LogP contribution is 2.21. The Labute approximate surface area is 215 Å². The molecule has 0 unspecified atom stereocenters. The van der Waals surface area contributed by atoms with Crippen LogP contribution in [0.1, 0.15) is 48.1 Å². The third-order valence-corrected chi connectivity index (χ3v) is 6.57. The first-order chi connectivity index (χ1) is 17.3. The van der Waals surface area contributed by atoms with Gasteiger partial charge in [0.1, 0.15) is 11.8 Å². The van der Waals surface area contributed by atoms with Gasteiger partial charge in [-0.1, -0.05) is 73.7 Å². The fourth-order valence-electron chi connectivity index (χ4n) is 4.05. The van der Waals surface area contributed by atoms with Gasteiger partial charge in [-0.15, -0.1) is 0 Å². The van der Waals surface area contributed by atoms with Gasteiger partial charge in [0.25, 0.3) is 5.91 Å². The Morgan fingerprint density at radius 1 is 0.917 bits per heavy atom. The topological polar surface area (TPSA) is 58.6 Å². The minimum atomic E-state index is -0.671. The van der Waals surface area contributed by atoms with Crippen molar-refractivity contribution in [3.8, 4) is 5.75 Å². The molecule has 0 saturated heterocycles. The molecule has 3 aromatic rings. The molecule has 0 aliphatic heterocycles. The lowest BCUT2D eigenvalue weighted by atomic mass is 10.0. The number of carbonyl (C=O) groups is 2. The lowest BCUT2D eigenvalue weighted by Crippen LogP contribution is -2.53. The molecule has 5 heteroatoms. The van der Waals surface area contributed by atoms with E-state index in [1.165, 1.54) is 0 Å². The number of nitrogens with one attached hydrogen (secondary N) is 1. The summed E-state index contributed by atoms with van der Waals surface area (Å²) in [7, 11) is 0. The number of amides is 2. The van der Waals surface area contributed by atoms with E-state index in [-0.39, 0.29) is 24.5 Å². The summed E-state index contributed by atoms with van der Waals surface area (Å²) >= 11 is 0. The molecule has 2 amide bonds. The first-order valence-electron chi connectivity index (χ1n) is 12.7. The normalized spacial score (nSPS) is 12.5. The molecule has 0 heterocycles. The van der Waals surface area contributed by atoms with Crippen LogP contribution in [0.25, 0.3) is 0 Å². The van der Waals surface area contributed by atoms with Gasteiger partial charge >= 0.3 is 0 Å². The highest BCUT2D eigenvalue weighted by Gasteiger charge is 2.31. The Morgan fingerprint density at radius 2 is 1.61 bits per heavy atom. The zero-order valence-electron chi connectivity index (χ0n) is 22.1. The maximum atomic E-state index is 13.7. The summed E-state index contributed by atoms with van der Waals surface area (Å²) in [5, 5.41) is 3.10. The second kappa shape index (κ2) is 12.9. The molecule has 5 nitrogen and oxygen atoms in total. The van der Waals surface area contributed by atoms with Crippen molar-refractivity contribution in [3.63, 3.8) is 0 Å². The van der Waals surface area contributed by atoms with Crippen LogP contribution in [0.2, 0.25) is 0 Å². The van der Waals surface area contributed by atoms with Gasteiger partial charge in [-0.2, -0.15) is 0 Å². The molecular formula is C31H38N2O3. The Kier molecular flexibility index (Phi) is 9.69. The van der Waals surface area contributed by atoms with Crippen molar-refractivity contribution in [2.45, 2.75) is 66.1 Å². The van der Waals surface area contributed by atoms with Crippen LogP contribution in [0.3, 0.4) is 0 Å². The molecule has 0 bridgehead atoms. The van der Waals surface area contributed by atoms with Crippen molar-refractivity contribution >= 4 is 11.8 Å². The molecule has 0 aliphatic carbocycles. The van der Waals surface area contributed by atoms with E-state index in [4.69, 9.17) is 4.74 Å². The molecule has 1 N–H and O–H groups in total. The van der Waals surface area contributed by atoms with Crippen LogP contribution in [0.4, 0.5) is 0 Å². The van der Waals surface area contributed by atoms with E-state index in [1.54, 1.807) is 4.90 Å². The van der Waals surface area contributed by atoms with Crippen molar-refractivity contribution in [1.29, 1.82) is 0 Å². The van der Waals surface area contributed by atoms with E-state index in [0.29, 0.717) is 18.7 Å². The van der Waals surface area contributed by atoms with Gasteiger partial charge in [0.05, 0.1) is 0 Å². The van der Waals surface area contributed by atoms with Crippen molar-refractivity contribution in [1.82, 2.24) is 10.2 Å². The third-order valence-electron chi connectivity index (χ3n) is 6.57. The molecule has 190 valence electrons. The van der Waals surface area contributed by atoms with E-state index in [1.807, 2.05) is 107 Å². The average molecular weight is 487 g/mol. The first-order valence-corrected chi connectivity index (χ1v) is 12.7. The van der Waals surface area contributed by atoms with E-state index in [0.717, 1.165) is 34.2 Å². The van der Waals surface area contributed by atoms with Crippen molar-refractivity contribution < 1.29 is 14.3 Å². The van der Waals surface area contributed by atoms with Gasteiger partial charge in [0.2, 0.25) is 5.91 Å². The van der Waals surface area contributed by atoms with Gasteiger partial charge < -0.3 is 15.0 Å². The smallest absolute Gasteiger partial charge is 0.261 e. The minimum Gasteiger partial charge on any atom is -0.483 e. The summed E-state index contributed by atoms with van der Waals surface area (Å²) in [6.45, 7) is 10.2. The summed E-state index contributed by atoms with van der Waals surface area (Å²) in [6, 6.07) is 23.1. The number of rotatable bonds is 11. The summed E-state index contributed by atoms with van der Waals surface area (Å²) in [6.07, 6.45) is 1.23. The highest BCUT2D eigenvalue weighted by atomic mass is 16.5. The lowest BCUT2D eigenvalue weighted by Gasteiger charge is -2.32. The maximum Gasteiger partial charge on any atom is 0.261 e. The molecule has 3 rings (SSSR count). The van der Waals surface area contributed by atoms with Crippen molar-refractivity contribution in [2.75, 3.05) is 6.61 Å². The fourth-order valence-corrected chi connectivity index (χ4v) is 4.05. The molecule has 3 aromatic carbocycles. The Hall–Kier alpha value is -3.60. The number of carbonyl (C=O) groups excluding carboxylic acids is 2. The SMILES string of the molecule is CC[C@@H](C)NC(=O)[C@H](Cc1ccccc1)N(Cc1ccccc1C)C(=O)COc1cc(C)ccc1C. The number of benzene rings is 3. The van der Waals surface area contributed by atoms with Gasteiger partial charge in [-0.25, -0.2) is 0 Å². The van der Waals surface area contributed by atoms with Gasteiger partial charge in [-0.3, -0.25) is 9.59 Å². The zero-order chi connectivity index (χ0) is 26.1. The standard InChI is InChI=1S/C31H38N2O3/c1-6-25(5)32-31(35)28(19-26-13-8-7-9-14-26)33(20-27-15-11-10-12-23(27)3)30(34)21-36-29-18-22(2)16-17-24(29)4/h7-18,25,28H,6,19-21H2,1-5H3,(H,32,35)/t25-,28+/m1/s1. The monoisotopic (exact) mass is 486 g/mol. The predicted molar refractivity (Wildman–Crippen MR) is 145 cm³/mol. The van der Waals surface area contributed by atoms with Crippen LogP contribution in [-0.4, -0.2) is 35.4 Å². The summed E-state index contributed by atoms with van der Waals surface area (Å²) in [5.74, 6) is 0.309. The summed E-state index contributed by atoms with van der Waals surface area (Å²) in [5.41, 5.74) is 5.11. The number of hydrogen-bond acceptors (Lipinski definition) is 3. The van der Waals surface area contributed by atoms with E-state index < -0.39 is 6.04 Å². The molecule has 0 aromatic heterocycles. The van der Waals surface area contributed by atoms with Crippen molar-refractivity contribution in [3.05, 3.63) is 101 Å². The largest absolute Gasteiger partial charge is 0.483 e. The van der Waals surface area contributed by atoms with E-state index >= 15 is 0 Å². The molecular weight excluding hydrogens is 448 g/mol. The van der Waals surface area contributed by atoms with Crippen LogP contribution >= 0.6 is 0 Å². The second-order valence-electron chi connectivity index (χ2n) is 9.53. The van der Waals surface area contributed by atoms with Crippen LogP contribution in [0.15, 0.2) is 72.8 Å². The first kappa shape index (κ1) is 27.0. The highest BCUT2D eigenvalue weighted by molar-refractivity contribution is 5.88. The molecule has 2 atom stereocenters. The average Bonchev–Trinajstić information content (AvgIpc) is 2.87.